The zero-order valence-corrected chi connectivity index (χ0v) is 7.17. The average molecular weight is 201 g/mol. The molecular formula is C8H5ClO4. The lowest BCUT2D eigenvalue weighted by Gasteiger charge is -2.03. The Morgan fingerprint density at radius 1 is 1.46 bits per heavy atom. The number of aromatic hydroxyl groups is 1. The van der Waals surface area contributed by atoms with E-state index in [-0.39, 0.29) is 34.6 Å². The number of rotatable bonds is 1. The van der Waals surface area contributed by atoms with Crippen molar-refractivity contribution < 1.29 is 19.4 Å². The van der Waals surface area contributed by atoms with Crippen molar-refractivity contribution in [1.82, 2.24) is 0 Å². The number of hydrogen-bond donors (Lipinski definition) is 1. The average Bonchev–Trinajstić information content (AvgIpc) is 2.60. The predicted octanol–water partition coefficient (Wildman–Crippen LogP) is 1.59. The molecule has 2 rings (SSSR count). The summed E-state index contributed by atoms with van der Waals surface area (Å²) in [6.45, 7) is -0.00985. The summed E-state index contributed by atoms with van der Waals surface area (Å²) in [6.07, 6.45) is 0.596. The second kappa shape index (κ2) is 2.81. The lowest BCUT2D eigenvalue weighted by atomic mass is 10.2. The smallest absolute Gasteiger partial charge is 0.231 e. The highest BCUT2D eigenvalue weighted by Crippen LogP contribution is 2.46. The molecule has 0 amide bonds. The van der Waals surface area contributed by atoms with E-state index in [2.05, 4.69) is 0 Å². The van der Waals surface area contributed by atoms with Gasteiger partial charge in [0, 0.05) is 0 Å². The molecule has 13 heavy (non-hydrogen) atoms. The van der Waals surface area contributed by atoms with E-state index in [1.54, 1.807) is 0 Å². The number of phenolic OH excluding ortho intramolecular Hbond substituents is 1. The van der Waals surface area contributed by atoms with Gasteiger partial charge in [-0.1, -0.05) is 11.6 Å². The van der Waals surface area contributed by atoms with E-state index in [1.807, 2.05) is 0 Å². The largest absolute Gasteiger partial charge is 0.503 e. The molecule has 1 N–H and O–H groups in total. The number of hydrogen-bond acceptors (Lipinski definition) is 4. The van der Waals surface area contributed by atoms with Gasteiger partial charge in [0.2, 0.25) is 12.5 Å². The van der Waals surface area contributed by atoms with Crippen LogP contribution in [0.25, 0.3) is 0 Å². The fourth-order valence-electron chi connectivity index (χ4n) is 1.14. The van der Waals surface area contributed by atoms with E-state index in [1.165, 1.54) is 6.07 Å². The monoisotopic (exact) mass is 200 g/mol. The Balaban J connectivity index is 2.70. The van der Waals surface area contributed by atoms with Gasteiger partial charge in [0.05, 0.1) is 10.6 Å². The number of halogens is 1. The van der Waals surface area contributed by atoms with Gasteiger partial charge < -0.3 is 14.6 Å². The summed E-state index contributed by atoms with van der Waals surface area (Å²) in [5, 5.41) is 9.46. The summed E-state index contributed by atoms with van der Waals surface area (Å²) in [5.41, 5.74) is 0.273. The van der Waals surface area contributed by atoms with E-state index in [4.69, 9.17) is 21.1 Å². The molecule has 0 fully saturated rings. The number of aldehydes is 1. The van der Waals surface area contributed by atoms with E-state index in [0.717, 1.165) is 0 Å². The number of carbonyl (C=O) groups excluding carboxylic acids is 1. The zero-order chi connectivity index (χ0) is 9.42. The molecule has 4 nitrogen and oxygen atoms in total. The van der Waals surface area contributed by atoms with Crippen LogP contribution in [-0.2, 0) is 0 Å². The van der Waals surface area contributed by atoms with Crippen molar-refractivity contribution in [1.29, 1.82) is 0 Å². The molecule has 0 atom stereocenters. The van der Waals surface area contributed by atoms with Crippen molar-refractivity contribution >= 4 is 17.9 Å². The van der Waals surface area contributed by atoms with Crippen molar-refractivity contribution in [2.45, 2.75) is 0 Å². The van der Waals surface area contributed by atoms with E-state index in [9.17, 15) is 9.90 Å². The molecule has 1 aliphatic heterocycles. The molecule has 0 radical (unpaired) electrons. The number of benzene rings is 1. The molecule has 68 valence electrons. The SMILES string of the molecule is O=Cc1cc(Cl)c(O)c2c1OCO2. The van der Waals surface area contributed by atoms with Crippen LogP contribution in [0, 0.1) is 0 Å². The first-order valence-electron chi connectivity index (χ1n) is 3.50. The van der Waals surface area contributed by atoms with Gasteiger partial charge in [-0.05, 0) is 6.07 Å². The number of fused-ring (bicyclic) bond motifs is 1. The van der Waals surface area contributed by atoms with Crippen LogP contribution in [0.3, 0.4) is 0 Å². The minimum absolute atomic E-state index is 0.00985. The van der Waals surface area contributed by atoms with Gasteiger partial charge in [0.25, 0.3) is 0 Å². The van der Waals surface area contributed by atoms with Crippen LogP contribution in [-0.4, -0.2) is 18.2 Å². The van der Waals surface area contributed by atoms with Gasteiger partial charge in [-0.25, -0.2) is 0 Å². The predicted molar refractivity (Wildman–Crippen MR) is 44.6 cm³/mol. The fourth-order valence-corrected chi connectivity index (χ4v) is 1.34. The maximum atomic E-state index is 10.6. The van der Waals surface area contributed by atoms with Crippen LogP contribution in [0.15, 0.2) is 6.07 Å². The topological polar surface area (TPSA) is 55.8 Å². The van der Waals surface area contributed by atoms with Crippen LogP contribution in [0.4, 0.5) is 0 Å². The van der Waals surface area contributed by atoms with E-state index in [0.29, 0.717) is 6.29 Å². The molecule has 1 aliphatic rings. The Morgan fingerprint density at radius 2 is 2.15 bits per heavy atom. The van der Waals surface area contributed by atoms with Crippen molar-refractivity contribution in [3.05, 3.63) is 16.7 Å². The van der Waals surface area contributed by atoms with Crippen LogP contribution in [0.1, 0.15) is 10.4 Å². The highest BCUT2D eigenvalue weighted by molar-refractivity contribution is 6.32. The first-order chi connectivity index (χ1) is 6.24. The third-order valence-electron chi connectivity index (χ3n) is 1.73. The van der Waals surface area contributed by atoms with Crippen molar-refractivity contribution in [2.24, 2.45) is 0 Å². The lowest BCUT2D eigenvalue weighted by Crippen LogP contribution is -1.94. The van der Waals surface area contributed by atoms with Crippen molar-refractivity contribution in [2.75, 3.05) is 6.79 Å². The number of ether oxygens (including phenoxy) is 2. The normalized spacial score (nSPS) is 13.0. The molecule has 0 unspecified atom stereocenters. The van der Waals surface area contributed by atoms with Crippen molar-refractivity contribution in [3.8, 4) is 17.2 Å². The maximum absolute atomic E-state index is 10.6. The lowest BCUT2D eigenvalue weighted by molar-refractivity contribution is 0.111. The maximum Gasteiger partial charge on any atom is 0.231 e. The van der Waals surface area contributed by atoms with Gasteiger partial charge in [0.1, 0.15) is 0 Å². The summed E-state index contributed by atoms with van der Waals surface area (Å²) in [5.74, 6) is 0.186. The van der Waals surface area contributed by atoms with Crippen LogP contribution in [0.2, 0.25) is 5.02 Å². The minimum atomic E-state index is -0.195. The Morgan fingerprint density at radius 3 is 2.85 bits per heavy atom. The zero-order valence-electron chi connectivity index (χ0n) is 6.41. The second-order valence-electron chi connectivity index (χ2n) is 2.48. The first-order valence-corrected chi connectivity index (χ1v) is 3.88. The summed E-state index contributed by atoms with van der Waals surface area (Å²) < 4.78 is 9.92. The second-order valence-corrected chi connectivity index (χ2v) is 2.89. The Labute approximate surface area is 78.6 Å². The van der Waals surface area contributed by atoms with E-state index >= 15 is 0 Å². The number of carbonyl (C=O) groups is 1. The summed E-state index contributed by atoms with van der Waals surface area (Å²) in [6, 6.07) is 1.33. The minimum Gasteiger partial charge on any atom is -0.503 e. The molecule has 1 aromatic carbocycles. The van der Waals surface area contributed by atoms with Gasteiger partial charge in [-0.3, -0.25) is 4.79 Å². The summed E-state index contributed by atoms with van der Waals surface area (Å²) in [4.78, 5) is 10.6. The van der Waals surface area contributed by atoms with Crippen LogP contribution < -0.4 is 9.47 Å². The molecular weight excluding hydrogens is 196 g/mol. The molecule has 1 aromatic rings. The van der Waals surface area contributed by atoms with Crippen LogP contribution in [0.5, 0.6) is 17.2 Å². The van der Waals surface area contributed by atoms with Crippen molar-refractivity contribution in [3.63, 3.8) is 0 Å². The molecule has 0 aliphatic carbocycles. The standard InChI is InChI=1S/C8H5ClO4/c9-5-1-4(2-10)7-8(6(5)11)13-3-12-7/h1-2,11H,3H2. The molecule has 0 saturated heterocycles. The van der Waals surface area contributed by atoms with Gasteiger partial charge in [-0.15, -0.1) is 0 Å². The highest BCUT2D eigenvalue weighted by atomic mass is 35.5. The fraction of sp³-hybridized carbons (Fsp3) is 0.125. The molecule has 5 heteroatoms. The summed E-state index contributed by atoms with van der Waals surface area (Å²) >= 11 is 5.63. The van der Waals surface area contributed by atoms with Crippen LogP contribution >= 0.6 is 11.6 Å². The third kappa shape index (κ3) is 1.10. The van der Waals surface area contributed by atoms with E-state index < -0.39 is 0 Å². The Hall–Kier alpha value is -1.42. The molecule has 0 saturated carbocycles. The molecule has 0 aromatic heterocycles. The Kier molecular flexibility index (Phi) is 1.77. The van der Waals surface area contributed by atoms with Gasteiger partial charge in [0.15, 0.2) is 17.8 Å². The van der Waals surface area contributed by atoms with Gasteiger partial charge >= 0.3 is 0 Å². The molecule has 1 heterocycles. The quantitative estimate of drug-likeness (QED) is 0.700. The summed E-state index contributed by atoms with van der Waals surface area (Å²) in [7, 11) is 0. The molecule has 0 bridgehead atoms. The Bertz CT molecular complexity index is 375. The molecule has 0 spiro atoms. The number of phenols is 1. The highest BCUT2D eigenvalue weighted by Gasteiger charge is 2.24. The van der Waals surface area contributed by atoms with Gasteiger partial charge in [-0.2, -0.15) is 0 Å². The first kappa shape index (κ1) is 8.19. The third-order valence-corrected chi connectivity index (χ3v) is 2.01.